The van der Waals surface area contributed by atoms with Gasteiger partial charge < -0.3 is 0 Å². The minimum absolute atomic E-state index is 1.25. The van der Waals surface area contributed by atoms with Crippen molar-refractivity contribution in [2.75, 3.05) is 0 Å². The van der Waals surface area contributed by atoms with E-state index in [-0.39, 0.29) is 0 Å². The zero-order chi connectivity index (χ0) is 12.7. The maximum Gasteiger partial charge on any atom is -0.0398 e. The van der Waals surface area contributed by atoms with Crippen LogP contribution in [0, 0.1) is 13.8 Å². The summed E-state index contributed by atoms with van der Waals surface area (Å²) in [5.74, 6) is 0. The molecule has 0 amide bonds. The highest BCUT2D eigenvalue weighted by Gasteiger charge is 1.80. The first-order valence-electron chi connectivity index (χ1n) is 6.24. The summed E-state index contributed by atoms with van der Waals surface area (Å²) in [7, 11) is 0. The zero-order valence-corrected chi connectivity index (χ0v) is 12.0. The molecule has 0 nitrogen and oxygen atoms in total. The number of benzene rings is 1. The second kappa shape index (κ2) is 18.9. The maximum atomic E-state index is 2.17. The van der Waals surface area contributed by atoms with E-state index in [2.05, 4.69) is 52.0 Å². The van der Waals surface area contributed by atoms with Crippen LogP contribution in [0.25, 0.3) is 0 Å². The number of rotatable bonds is 0. The van der Waals surface area contributed by atoms with Gasteiger partial charge in [-0.3, -0.25) is 0 Å². The molecule has 0 aromatic heterocycles. The summed E-state index contributed by atoms with van der Waals surface area (Å²) in [5.41, 5.74) is 2.68. The van der Waals surface area contributed by atoms with Crippen molar-refractivity contribution in [1.29, 1.82) is 0 Å². The minimum Gasteiger partial charge on any atom is -0.0683 e. The van der Waals surface area contributed by atoms with Crippen molar-refractivity contribution in [2.45, 2.75) is 61.8 Å². The molecule has 0 saturated heterocycles. The van der Waals surface area contributed by atoms with Crippen LogP contribution in [-0.4, -0.2) is 0 Å². The smallest absolute Gasteiger partial charge is 0.0398 e. The average molecular weight is 210 g/mol. The molecule has 0 heterocycles. The number of aryl methyl sites for hydroxylation is 2. The molecular formula is C15H30. The third-order valence-electron chi connectivity index (χ3n) is 1.17. The van der Waals surface area contributed by atoms with Gasteiger partial charge in [-0.2, -0.15) is 0 Å². The summed E-state index contributed by atoms with van der Waals surface area (Å²) in [6, 6.07) is 8.45. The van der Waals surface area contributed by atoms with Crippen LogP contribution in [-0.2, 0) is 0 Å². The monoisotopic (exact) mass is 210 g/mol. The van der Waals surface area contributed by atoms with Crippen LogP contribution in [0.2, 0.25) is 0 Å². The third-order valence-corrected chi connectivity index (χ3v) is 1.17. The van der Waals surface area contributed by atoms with Gasteiger partial charge >= 0.3 is 0 Å². The molecule has 0 saturated carbocycles. The first kappa shape index (κ1) is 19.7. The Labute approximate surface area is 97.7 Å². The van der Waals surface area contributed by atoms with Gasteiger partial charge in [0.25, 0.3) is 0 Å². The highest BCUT2D eigenvalue weighted by atomic mass is 13.9. The fourth-order valence-electron chi connectivity index (χ4n) is 0.807. The normalized spacial score (nSPS) is 6.93. The molecule has 1 aromatic rings. The van der Waals surface area contributed by atoms with E-state index in [1.165, 1.54) is 17.5 Å². The fourth-order valence-corrected chi connectivity index (χ4v) is 0.807. The second-order valence-corrected chi connectivity index (χ2v) is 2.87. The van der Waals surface area contributed by atoms with E-state index in [1.807, 2.05) is 27.7 Å². The lowest BCUT2D eigenvalue weighted by atomic mass is 10.2. The predicted molar refractivity (Wildman–Crippen MR) is 74.6 cm³/mol. The Kier molecular flexibility index (Phi) is 24.9. The van der Waals surface area contributed by atoms with Crippen molar-refractivity contribution < 1.29 is 0 Å². The quantitative estimate of drug-likeness (QED) is 0.510. The molecule has 0 N–H and O–H groups in total. The highest BCUT2D eigenvalue weighted by molar-refractivity contribution is 5.20. The minimum atomic E-state index is 1.25. The van der Waals surface area contributed by atoms with Crippen LogP contribution in [0.1, 0.15) is 59.1 Å². The van der Waals surface area contributed by atoms with Crippen molar-refractivity contribution >= 4 is 0 Å². The van der Waals surface area contributed by atoms with Crippen molar-refractivity contribution in [1.82, 2.24) is 0 Å². The lowest BCUT2D eigenvalue weighted by molar-refractivity contribution is 1.09. The Balaban J connectivity index is -0.000000176. The van der Waals surface area contributed by atoms with Gasteiger partial charge in [0.2, 0.25) is 0 Å². The summed E-state index contributed by atoms with van der Waals surface area (Å²) in [4.78, 5) is 0. The van der Waals surface area contributed by atoms with E-state index in [9.17, 15) is 0 Å². The Morgan fingerprint density at radius 1 is 0.800 bits per heavy atom. The summed E-state index contributed by atoms with van der Waals surface area (Å²) in [5, 5.41) is 0. The molecule has 0 heteroatoms. The molecule has 90 valence electrons. The van der Waals surface area contributed by atoms with Crippen molar-refractivity contribution in [3.63, 3.8) is 0 Å². The third kappa shape index (κ3) is 19.6. The molecule has 1 rings (SSSR count). The Bertz CT molecular complexity index is 172. The molecule has 0 aliphatic carbocycles. The Hall–Kier alpha value is -0.780. The standard InChI is InChI=1S/C8H10.C3H8.2C2H6/c1-7-4-3-5-8(2)6-7;1-3-2;2*1-2/h3-6H,1-2H3;3H2,1-2H3;2*1-2H3. The molecule has 0 radical (unpaired) electrons. The van der Waals surface area contributed by atoms with E-state index in [1.54, 1.807) is 0 Å². The zero-order valence-electron chi connectivity index (χ0n) is 12.0. The molecule has 15 heavy (non-hydrogen) atoms. The van der Waals surface area contributed by atoms with Gasteiger partial charge in [0.1, 0.15) is 0 Å². The van der Waals surface area contributed by atoms with Crippen LogP contribution in [0.3, 0.4) is 0 Å². The van der Waals surface area contributed by atoms with E-state index in [4.69, 9.17) is 0 Å². The van der Waals surface area contributed by atoms with E-state index in [0.29, 0.717) is 0 Å². The van der Waals surface area contributed by atoms with Crippen molar-refractivity contribution in [3.05, 3.63) is 35.4 Å². The highest BCUT2D eigenvalue weighted by Crippen LogP contribution is 2.00. The van der Waals surface area contributed by atoms with E-state index >= 15 is 0 Å². The lowest BCUT2D eigenvalue weighted by Crippen LogP contribution is -1.71. The fraction of sp³-hybridized carbons (Fsp3) is 0.600. The molecular weight excluding hydrogens is 180 g/mol. The summed E-state index contributed by atoms with van der Waals surface area (Å²) in [6.45, 7) is 16.5. The van der Waals surface area contributed by atoms with Gasteiger partial charge in [0.05, 0.1) is 0 Å². The predicted octanol–water partition coefficient (Wildman–Crippen LogP) is 5.77. The molecule has 0 bridgehead atoms. The molecule has 0 spiro atoms. The topological polar surface area (TPSA) is 0 Å². The largest absolute Gasteiger partial charge is 0.0683 e. The molecule has 0 aliphatic heterocycles. The van der Waals surface area contributed by atoms with Crippen LogP contribution in [0.4, 0.5) is 0 Å². The summed E-state index contributed by atoms with van der Waals surface area (Å²) < 4.78 is 0. The number of hydrogen-bond donors (Lipinski definition) is 0. The SMILES string of the molecule is CC.CC.CCC.Cc1cccc(C)c1. The Morgan fingerprint density at radius 3 is 1.20 bits per heavy atom. The van der Waals surface area contributed by atoms with Gasteiger partial charge in [-0.15, -0.1) is 0 Å². The van der Waals surface area contributed by atoms with Crippen LogP contribution in [0.15, 0.2) is 24.3 Å². The Morgan fingerprint density at radius 2 is 1.07 bits per heavy atom. The van der Waals surface area contributed by atoms with Gasteiger partial charge in [0, 0.05) is 0 Å². The average Bonchev–Trinajstić information content (AvgIpc) is 2.24. The van der Waals surface area contributed by atoms with Gasteiger partial charge in [-0.1, -0.05) is 83.4 Å². The molecule has 0 aliphatic rings. The van der Waals surface area contributed by atoms with E-state index in [0.717, 1.165) is 0 Å². The van der Waals surface area contributed by atoms with Crippen LogP contribution >= 0.6 is 0 Å². The molecule has 0 atom stereocenters. The van der Waals surface area contributed by atoms with Gasteiger partial charge in [-0.05, 0) is 13.8 Å². The number of hydrogen-bond acceptors (Lipinski definition) is 0. The van der Waals surface area contributed by atoms with Crippen LogP contribution in [0.5, 0.6) is 0 Å². The first-order chi connectivity index (χ1) is 7.20. The van der Waals surface area contributed by atoms with Crippen LogP contribution < -0.4 is 0 Å². The lowest BCUT2D eigenvalue weighted by Gasteiger charge is -1.90. The van der Waals surface area contributed by atoms with Gasteiger partial charge in [0.15, 0.2) is 0 Å². The van der Waals surface area contributed by atoms with Gasteiger partial charge in [-0.25, -0.2) is 0 Å². The molecule has 0 fully saturated rings. The maximum absolute atomic E-state index is 2.17. The van der Waals surface area contributed by atoms with E-state index < -0.39 is 0 Å². The summed E-state index contributed by atoms with van der Waals surface area (Å²) >= 11 is 0. The second-order valence-electron chi connectivity index (χ2n) is 2.87. The first-order valence-corrected chi connectivity index (χ1v) is 6.24. The molecule has 0 unspecified atom stereocenters. The summed E-state index contributed by atoms with van der Waals surface area (Å²) in [6.07, 6.45) is 1.25. The van der Waals surface area contributed by atoms with Crippen molar-refractivity contribution in [2.24, 2.45) is 0 Å². The molecule has 1 aromatic carbocycles. The van der Waals surface area contributed by atoms with Crippen molar-refractivity contribution in [3.8, 4) is 0 Å².